The van der Waals surface area contributed by atoms with E-state index < -0.39 is 21.7 Å². The van der Waals surface area contributed by atoms with Gasteiger partial charge in [-0.25, -0.2) is 4.57 Å². The quantitative estimate of drug-likeness (QED) is 0.439. The minimum absolute atomic E-state index is 0.0982. The maximum atomic E-state index is 10.6. The van der Waals surface area contributed by atoms with Crippen LogP contribution in [0.25, 0.3) is 0 Å². The van der Waals surface area contributed by atoms with E-state index in [2.05, 4.69) is 9.05 Å². The van der Waals surface area contributed by atoms with Gasteiger partial charge in [0.15, 0.2) is 0 Å². The van der Waals surface area contributed by atoms with E-state index in [4.69, 9.17) is 9.79 Å². The summed E-state index contributed by atoms with van der Waals surface area (Å²) in [5, 5.41) is 0. The van der Waals surface area contributed by atoms with Crippen LogP contribution in [0.4, 0.5) is 0 Å². The number of phosphoric ester groups is 2. The van der Waals surface area contributed by atoms with Crippen LogP contribution in [0.3, 0.4) is 0 Å². The summed E-state index contributed by atoms with van der Waals surface area (Å²) in [6, 6.07) is 0. The van der Waals surface area contributed by atoms with Crippen molar-refractivity contribution in [3.63, 3.8) is 0 Å². The lowest BCUT2D eigenvalue weighted by atomic mass is 9.97. The highest BCUT2D eigenvalue weighted by Gasteiger charge is 2.18. The van der Waals surface area contributed by atoms with Crippen LogP contribution in [-0.2, 0) is 18.2 Å². The predicted molar refractivity (Wildman–Crippen MR) is 63.8 cm³/mol. The molecule has 0 aromatic carbocycles. The van der Waals surface area contributed by atoms with E-state index >= 15 is 0 Å². The first kappa shape index (κ1) is 19.2. The minimum Gasteiger partial charge on any atom is -0.790 e. The van der Waals surface area contributed by atoms with Crippen molar-refractivity contribution in [1.82, 2.24) is 0 Å². The summed E-state index contributed by atoms with van der Waals surface area (Å²) < 4.78 is 29.7. The molecule has 2 atom stereocenters. The smallest absolute Gasteiger partial charge is 0.469 e. The van der Waals surface area contributed by atoms with E-state index in [0.717, 1.165) is 0 Å². The average Bonchev–Trinajstić information content (AvgIpc) is 2.22. The van der Waals surface area contributed by atoms with E-state index in [1.54, 1.807) is 6.92 Å². The molecule has 8 nitrogen and oxygen atoms in total. The van der Waals surface area contributed by atoms with E-state index in [0.29, 0.717) is 25.7 Å². The van der Waals surface area contributed by atoms with Gasteiger partial charge in [-0.1, -0.05) is 20.3 Å². The molecule has 0 amide bonds. The summed E-state index contributed by atoms with van der Waals surface area (Å²) >= 11 is 0. The van der Waals surface area contributed by atoms with Crippen LogP contribution in [0, 0.1) is 5.92 Å². The summed E-state index contributed by atoms with van der Waals surface area (Å²) in [4.78, 5) is 38.1. The van der Waals surface area contributed by atoms with E-state index in [1.807, 2.05) is 6.92 Å². The van der Waals surface area contributed by atoms with Crippen molar-refractivity contribution in [1.29, 1.82) is 0 Å². The molecule has 0 aromatic heterocycles. The highest BCUT2D eigenvalue weighted by molar-refractivity contribution is 7.46. The Hall–Kier alpha value is 0.220. The third-order valence-corrected chi connectivity index (χ3v) is 3.73. The van der Waals surface area contributed by atoms with Gasteiger partial charge in [-0.2, -0.15) is 0 Å². The molecule has 0 heterocycles. The summed E-state index contributed by atoms with van der Waals surface area (Å²) in [6.45, 7) is 3.48. The zero-order chi connectivity index (χ0) is 15.1. The van der Waals surface area contributed by atoms with Crippen LogP contribution in [0.1, 0.15) is 39.5 Å². The maximum Gasteiger partial charge on any atom is 0.469 e. The van der Waals surface area contributed by atoms with E-state index in [1.165, 1.54) is 0 Å². The SMILES string of the molecule is CCC(C)C(CCCCOP(=O)(O)O)OP(=O)([O-])[O-]. The molecule has 0 bridgehead atoms. The van der Waals surface area contributed by atoms with Crippen LogP contribution >= 0.6 is 15.6 Å². The normalized spacial score (nSPS) is 16.3. The van der Waals surface area contributed by atoms with Crippen molar-refractivity contribution in [3.05, 3.63) is 0 Å². The van der Waals surface area contributed by atoms with Gasteiger partial charge in [-0.3, -0.25) is 4.52 Å². The van der Waals surface area contributed by atoms with Crippen LogP contribution in [0.15, 0.2) is 0 Å². The van der Waals surface area contributed by atoms with Crippen molar-refractivity contribution in [2.24, 2.45) is 5.92 Å². The standard InChI is InChI=1S/C9H22O8P2/c1-3-8(2)9(17-19(13,14)15)6-4-5-7-16-18(10,11)12/h8-9H,3-7H2,1-2H3,(H2,10,11,12)(H2,13,14,15)/p-2. The fraction of sp³-hybridized carbons (Fsp3) is 1.00. The predicted octanol–water partition coefficient (Wildman–Crippen LogP) is 0.526. The lowest BCUT2D eigenvalue weighted by Crippen LogP contribution is -2.27. The molecule has 0 fully saturated rings. The van der Waals surface area contributed by atoms with Gasteiger partial charge in [0.1, 0.15) is 0 Å². The molecule has 10 heteroatoms. The first-order valence-corrected chi connectivity index (χ1v) is 8.94. The fourth-order valence-corrected chi connectivity index (χ4v) is 2.51. The monoisotopic (exact) mass is 318 g/mol. The fourth-order valence-electron chi connectivity index (χ4n) is 1.50. The summed E-state index contributed by atoms with van der Waals surface area (Å²) in [6.07, 6.45) is 1.04. The molecule has 0 rings (SSSR count). The first-order chi connectivity index (χ1) is 8.55. The van der Waals surface area contributed by atoms with Gasteiger partial charge in [0, 0.05) is 0 Å². The molecule has 0 saturated heterocycles. The van der Waals surface area contributed by atoms with Gasteiger partial charge in [-0.05, 0) is 25.2 Å². The molecule has 0 aliphatic heterocycles. The second kappa shape index (κ2) is 8.49. The van der Waals surface area contributed by atoms with E-state index in [-0.39, 0.29) is 12.5 Å². The molecule has 0 spiro atoms. The lowest BCUT2D eigenvalue weighted by Gasteiger charge is -2.36. The Morgan fingerprint density at radius 2 is 1.79 bits per heavy atom. The molecule has 0 aliphatic rings. The summed E-state index contributed by atoms with van der Waals surface area (Å²) in [5.74, 6) is -0.0982. The van der Waals surface area contributed by atoms with Gasteiger partial charge in [0.25, 0.3) is 0 Å². The van der Waals surface area contributed by atoms with Crippen LogP contribution in [-0.4, -0.2) is 22.5 Å². The highest BCUT2D eigenvalue weighted by Crippen LogP contribution is 2.36. The third-order valence-electron chi connectivity index (χ3n) is 2.69. The Kier molecular flexibility index (Phi) is 8.59. The third kappa shape index (κ3) is 11.7. The maximum absolute atomic E-state index is 10.6. The number of hydrogen-bond acceptors (Lipinski definition) is 6. The highest BCUT2D eigenvalue weighted by atomic mass is 31.2. The Bertz CT molecular complexity index is 335. The molecule has 19 heavy (non-hydrogen) atoms. The zero-order valence-corrected chi connectivity index (χ0v) is 12.7. The largest absolute Gasteiger partial charge is 0.790 e. The van der Waals surface area contributed by atoms with Crippen molar-refractivity contribution in [3.8, 4) is 0 Å². The van der Waals surface area contributed by atoms with Gasteiger partial charge in [0.05, 0.1) is 20.5 Å². The van der Waals surface area contributed by atoms with Crippen molar-refractivity contribution in [2.45, 2.75) is 45.6 Å². The summed E-state index contributed by atoms with van der Waals surface area (Å²) in [5.41, 5.74) is 0. The zero-order valence-electron chi connectivity index (χ0n) is 10.9. The molecule has 0 aliphatic carbocycles. The number of hydrogen-bond donors (Lipinski definition) is 2. The van der Waals surface area contributed by atoms with Gasteiger partial charge in [0.2, 0.25) is 0 Å². The Morgan fingerprint density at radius 3 is 2.21 bits per heavy atom. The average molecular weight is 318 g/mol. The lowest BCUT2D eigenvalue weighted by molar-refractivity contribution is -0.346. The van der Waals surface area contributed by atoms with Crippen molar-refractivity contribution >= 4 is 15.6 Å². The summed E-state index contributed by atoms with van der Waals surface area (Å²) in [7, 11) is -9.49. The van der Waals surface area contributed by atoms with E-state index in [9.17, 15) is 18.9 Å². The second-order valence-corrected chi connectivity index (χ2v) is 6.64. The molecule has 0 aromatic rings. The number of rotatable bonds is 10. The minimum atomic E-state index is -5.03. The second-order valence-electron chi connectivity index (χ2n) is 4.30. The molecular weight excluding hydrogens is 298 g/mol. The van der Waals surface area contributed by atoms with Crippen LogP contribution < -0.4 is 9.79 Å². The molecule has 2 N–H and O–H groups in total. The first-order valence-electron chi connectivity index (χ1n) is 5.95. The topological polar surface area (TPSA) is 139 Å². The van der Waals surface area contributed by atoms with Gasteiger partial charge < -0.3 is 28.7 Å². The molecular formula is C9H20O8P2-2. The molecule has 2 unspecified atom stereocenters. The van der Waals surface area contributed by atoms with Crippen LogP contribution in [0.5, 0.6) is 0 Å². The number of unbranched alkanes of at least 4 members (excludes halogenated alkanes) is 1. The van der Waals surface area contributed by atoms with Gasteiger partial charge in [-0.15, -0.1) is 0 Å². The Morgan fingerprint density at radius 1 is 1.21 bits per heavy atom. The number of phosphoric acid groups is 2. The Labute approximate surface area is 112 Å². The van der Waals surface area contributed by atoms with Crippen LogP contribution in [0.2, 0.25) is 0 Å². The Balaban J connectivity index is 4.07. The van der Waals surface area contributed by atoms with Crippen molar-refractivity contribution < 1.29 is 37.8 Å². The van der Waals surface area contributed by atoms with Crippen molar-refractivity contribution in [2.75, 3.05) is 6.61 Å². The van der Waals surface area contributed by atoms with Gasteiger partial charge >= 0.3 is 7.82 Å². The molecule has 0 saturated carbocycles. The molecule has 116 valence electrons. The molecule has 0 radical (unpaired) electrons.